The van der Waals surface area contributed by atoms with Crippen LogP contribution in [0.5, 0.6) is 0 Å². The van der Waals surface area contributed by atoms with Crippen LogP contribution in [0, 0.1) is 5.92 Å². The van der Waals surface area contributed by atoms with Crippen molar-refractivity contribution in [3.63, 3.8) is 0 Å². The highest BCUT2D eigenvalue weighted by Gasteiger charge is 2.15. The van der Waals surface area contributed by atoms with E-state index in [1.165, 1.54) is 12.8 Å². The van der Waals surface area contributed by atoms with Crippen LogP contribution in [0.15, 0.2) is 6.20 Å². The van der Waals surface area contributed by atoms with Gasteiger partial charge in [-0.15, -0.1) is 5.10 Å². The normalized spacial score (nSPS) is 20.9. The number of hydrogen-bond acceptors (Lipinski definition) is 4. The lowest BCUT2D eigenvalue weighted by Gasteiger charge is -2.21. The van der Waals surface area contributed by atoms with Crippen molar-refractivity contribution in [1.82, 2.24) is 20.5 Å². The fourth-order valence-electron chi connectivity index (χ4n) is 2.20. The van der Waals surface area contributed by atoms with Gasteiger partial charge in [-0.1, -0.05) is 13.3 Å². The molecule has 2 rings (SSSR count). The first kappa shape index (κ1) is 11.5. The fraction of sp³-hybridized carbons (Fsp3) is 0.750. The van der Waals surface area contributed by atoms with E-state index in [2.05, 4.69) is 27.4 Å². The summed E-state index contributed by atoms with van der Waals surface area (Å²) in [5.41, 5.74) is 1.08. The summed E-state index contributed by atoms with van der Waals surface area (Å²) in [6.07, 6.45) is 7.43. The predicted octanol–water partition coefficient (Wildman–Crippen LogP) is 1.37. The largest absolute Gasteiger partial charge is 0.316 e. The van der Waals surface area contributed by atoms with Crippen LogP contribution < -0.4 is 5.32 Å². The topological polar surface area (TPSA) is 50.7 Å². The molecule has 0 aliphatic carbocycles. The van der Waals surface area contributed by atoms with Gasteiger partial charge in [0, 0.05) is 6.42 Å². The van der Waals surface area contributed by atoms with Gasteiger partial charge in [0.05, 0.1) is 11.9 Å². The molecular weight excluding hydrogens is 200 g/mol. The second-order valence-corrected chi connectivity index (χ2v) is 4.53. The van der Waals surface area contributed by atoms with Crippen molar-refractivity contribution in [2.75, 3.05) is 13.1 Å². The molecule has 1 N–H and O–H groups in total. The van der Waals surface area contributed by atoms with E-state index < -0.39 is 0 Å². The average molecular weight is 220 g/mol. The van der Waals surface area contributed by atoms with Gasteiger partial charge in [-0.25, -0.2) is 4.98 Å². The van der Waals surface area contributed by atoms with E-state index in [1.807, 2.05) is 0 Å². The molecule has 4 nitrogen and oxygen atoms in total. The first-order valence-electron chi connectivity index (χ1n) is 6.26. The Kier molecular flexibility index (Phi) is 4.22. The first-order chi connectivity index (χ1) is 7.88. The van der Waals surface area contributed by atoms with Crippen LogP contribution in [0.25, 0.3) is 0 Å². The lowest BCUT2D eigenvalue weighted by atomic mass is 9.96. The summed E-state index contributed by atoms with van der Waals surface area (Å²) in [5.74, 6) is 1.60. The second-order valence-electron chi connectivity index (χ2n) is 4.53. The highest BCUT2D eigenvalue weighted by molar-refractivity contribution is 4.97. The minimum Gasteiger partial charge on any atom is -0.316 e. The Hall–Kier alpha value is -1.03. The van der Waals surface area contributed by atoms with E-state index in [0.29, 0.717) is 5.92 Å². The molecule has 16 heavy (non-hydrogen) atoms. The third kappa shape index (κ3) is 3.23. The molecule has 2 heterocycles. The SMILES string of the molecule is CCCc1cnnc(CC2CCCNC2)n1. The number of nitrogens with zero attached hydrogens (tertiary/aromatic N) is 3. The third-order valence-corrected chi connectivity index (χ3v) is 3.03. The average Bonchev–Trinajstić information content (AvgIpc) is 2.31. The summed E-state index contributed by atoms with van der Waals surface area (Å²) in [5, 5.41) is 11.6. The quantitative estimate of drug-likeness (QED) is 0.832. The molecule has 1 unspecified atom stereocenters. The van der Waals surface area contributed by atoms with Crippen molar-refractivity contribution < 1.29 is 0 Å². The molecule has 1 aromatic rings. The van der Waals surface area contributed by atoms with E-state index in [-0.39, 0.29) is 0 Å². The van der Waals surface area contributed by atoms with Crippen LogP contribution in [0.4, 0.5) is 0 Å². The molecule has 0 bridgehead atoms. The summed E-state index contributed by atoms with van der Waals surface area (Å²) in [4.78, 5) is 4.56. The number of aromatic nitrogens is 3. The number of rotatable bonds is 4. The standard InChI is InChI=1S/C12H20N4/c1-2-4-11-9-14-16-12(15-11)7-10-5-3-6-13-8-10/h9-10,13H,2-8H2,1H3. The van der Waals surface area contributed by atoms with Gasteiger partial charge in [0.15, 0.2) is 5.82 Å². The van der Waals surface area contributed by atoms with Crippen LogP contribution in [-0.4, -0.2) is 28.3 Å². The van der Waals surface area contributed by atoms with Crippen LogP contribution >= 0.6 is 0 Å². The van der Waals surface area contributed by atoms with Gasteiger partial charge in [0.1, 0.15) is 0 Å². The van der Waals surface area contributed by atoms with E-state index >= 15 is 0 Å². The number of nitrogens with one attached hydrogen (secondary N) is 1. The summed E-state index contributed by atoms with van der Waals surface area (Å²) >= 11 is 0. The molecule has 0 spiro atoms. The second kappa shape index (κ2) is 5.89. The molecule has 0 radical (unpaired) electrons. The molecule has 1 aliphatic heterocycles. The molecule has 1 atom stereocenters. The zero-order valence-electron chi connectivity index (χ0n) is 9.95. The maximum atomic E-state index is 4.56. The molecule has 4 heteroatoms. The molecular formula is C12H20N4. The van der Waals surface area contributed by atoms with Crippen molar-refractivity contribution >= 4 is 0 Å². The van der Waals surface area contributed by atoms with E-state index in [4.69, 9.17) is 0 Å². The van der Waals surface area contributed by atoms with Crippen molar-refractivity contribution in [2.45, 2.75) is 39.0 Å². The summed E-state index contributed by atoms with van der Waals surface area (Å²) in [7, 11) is 0. The Morgan fingerprint density at radius 1 is 1.50 bits per heavy atom. The van der Waals surface area contributed by atoms with Gasteiger partial charge in [-0.3, -0.25) is 0 Å². The monoisotopic (exact) mass is 220 g/mol. The minimum atomic E-state index is 0.687. The molecule has 1 saturated heterocycles. The van der Waals surface area contributed by atoms with Gasteiger partial charge < -0.3 is 5.32 Å². The minimum absolute atomic E-state index is 0.687. The fourth-order valence-corrected chi connectivity index (χ4v) is 2.20. The van der Waals surface area contributed by atoms with Crippen LogP contribution in [0.2, 0.25) is 0 Å². The van der Waals surface area contributed by atoms with Gasteiger partial charge in [0.2, 0.25) is 0 Å². The van der Waals surface area contributed by atoms with Gasteiger partial charge in [-0.2, -0.15) is 5.10 Å². The Bertz CT molecular complexity index is 321. The van der Waals surface area contributed by atoms with Crippen LogP contribution in [0.3, 0.4) is 0 Å². The lowest BCUT2D eigenvalue weighted by Crippen LogP contribution is -2.31. The zero-order chi connectivity index (χ0) is 11.2. The number of hydrogen-bond donors (Lipinski definition) is 1. The zero-order valence-corrected chi connectivity index (χ0v) is 9.95. The van der Waals surface area contributed by atoms with Crippen molar-refractivity contribution in [3.05, 3.63) is 17.7 Å². The Morgan fingerprint density at radius 3 is 3.19 bits per heavy atom. The Labute approximate surface area is 96.9 Å². The lowest BCUT2D eigenvalue weighted by molar-refractivity contribution is 0.369. The van der Waals surface area contributed by atoms with E-state index in [1.54, 1.807) is 6.20 Å². The van der Waals surface area contributed by atoms with Crippen molar-refractivity contribution in [3.8, 4) is 0 Å². The Balaban J connectivity index is 1.94. The highest BCUT2D eigenvalue weighted by Crippen LogP contribution is 2.13. The van der Waals surface area contributed by atoms with Crippen molar-refractivity contribution in [1.29, 1.82) is 0 Å². The number of piperidine rings is 1. The molecule has 1 aliphatic rings. The predicted molar refractivity (Wildman–Crippen MR) is 63.1 cm³/mol. The van der Waals surface area contributed by atoms with Gasteiger partial charge in [0.25, 0.3) is 0 Å². The summed E-state index contributed by atoms with van der Waals surface area (Å²) in [6.45, 7) is 4.42. The van der Waals surface area contributed by atoms with E-state index in [9.17, 15) is 0 Å². The smallest absolute Gasteiger partial charge is 0.151 e. The summed E-state index contributed by atoms with van der Waals surface area (Å²) in [6, 6.07) is 0. The summed E-state index contributed by atoms with van der Waals surface area (Å²) < 4.78 is 0. The molecule has 88 valence electrons. The molecule has 1 aromatic heterocycles. The van der Waals surface area contributed by atoms with E-state index in [0.717, 1.165) is 43.9 Å². The van der Waals surface area contributed by atoms with Crippen LogP contribution in [0.1, 0.15) is 37.7 Å². The maximum absolute atomic E-state index is 4.56. The number of aryl methyl sites for hydroxylation is 1. The maximum Gasteiger partial charge on any atom is 0.151 e. The molecule has 0 saturated carbocycles. The van der Waals surface area contributed by atoms with Gasteiger partial charge >= 0.3 is 0 Å². The first-order valence-corrected chi connectivity index (χ1v) is 6.26. The highest BCUT2D eigenvalue weighted by atomic mass is 15.1. The van der Waals surface area contributed by atoms with Gasteiger partial charge in [-0.05, 0) is 38.3 Å². The molecule has 0 aromatic carbocycles. The van der Waals surface area contributed by atoms with Crippen molar-refractivity contribution in [2.24, 2.45) is 5.92 Å². The Morgan fingerprint density at radius 2 is 2.44 bits per heavy atom. The molecule has 0 amide bonds. The third-order valence-electron chi connectivity index (χ3n) is 3.03. The van der Waals surface area contributed by atoms with Crippen LogP contribution in [-0.2, 0) is 12.8 Å². The molecule has 1 fully saturated rings.